The quantitative estimate of drug-likeness (QED) is 0.0195. The number of carboxylic acids is 1. The number of ether oxygens (including phenoxy) is 4. The number of carbonyl (C=O) groups is 3. The number of esters is 2. The number of hydrogen-bond acceptors (Lipinski definition) is 8. The van der Waals surface area contributed by atoms with Crippen LogP contribution in [-0.4, -0.2) is 82.3 Å². The van der Waals surface area contributed by atoms with E-state index in [1.165, 1.54) is 186 Å². The summed E-state index contributed by atoms with van der Waals surface area (Å²) in [4.78, 5) is 37.6. The Morgan fingerprint density at radius 2 is 0.626 bits per heavy atom. The van der Waals surface area contributed by atoms with Crippen LogP contribution < -0.4 is 5.11 Å². The van der Waals surface area contributed by atoms with Crippen molar-refractivity contribution in [3.8, 4) is 0 Å². The van der Waals surface area contributed by atoms with E-state index in [9.17, 15) is 19.5 Å². The van der Waals surface area contributed by atoms with Gasteiger partial charge in [0.05, 0.1) is 40.3 Å². The van der Waals surface area contributed by atoms with Crippen LogP contribution >= 0.6 is 0 Å². The minimum absolute atomic E-state index is 0.144. The fourth-order valence-electron chi connectivity index (χ4n) is 10.5. The third kappa shape index (κ3) is 73.0. The van der Waals surface area contributed by atoms with Crippen LogP contribution in [0.4, 0.5) is 0 Å². The summed E-state index contributed by atoms with van der Waals surface area (Å²) in [5.74, 6) is -2.28. The normalized spacial score (nSPS) is 13.4. The van der Waals surface area contributed by atoms with Gasteiger partial charge < -0.3 is 33.3 Å². The molecule has 0 aliphatic heterocycles. The maximum absolute atomic E-state index is 13.0. The molecule has 0 aliphatic rings. The van der Waals surface area contributed by atoms with E-state index >= 15 is 0 Å². The number of quaternary nitrogens is 1. The summed E-state index contributed by atoms with van der Waals surface area (Å²) in [7, 11) is 5.93. The summed E-state index contributed by atoms with van der Waals surface area (Å²) >= 11 is 0. The fourth-order valence-corrected chi connectivity index (χ4v) is 10.5. The van der Waals surface area contributed by atoms with E-state index < -0.39 is 24.3 Å². The predicted octanol–water partition coefficient (Wildman–Crippen LogP) is 22.6. The highest BCUT2D eigenvalue weighted by Crippen LogP contribution is 2.18. The van der Waals surface area contributed by atoms with Crippen LogP contribution in [0.3, 0.4) is 0 Å². The van der Waals surface area contributed by atoms with E-state index in [4.69, 9.17) is 18.9 Å². The van der Waals surface area contributed by atoms with Crippen LogP contribution in [0.5, 0.6) is 0 Å². The lowest BCUT2D eigenvalue weighted by atomic mass is 10.0. The van der Waals surface area contributed by atoms with Crippen molar-refractivity contribution in [1.82, 2.24) is 0 Å². The van der Waals surface area contributed by atoms with Gasteiger partial charge in [-0.15, -0.1) is 0 Å². The highest BCUT2D eigenvalue weighted by atomic mass is 16.7. The average molecular weight is 1270 g/mol. The molecule has 0 bridgehead atoms. The van der Waals surface area contributed by atoms with Gasteiger partial charge in [-0.05, 0) is 109 Å². The first-order valence-corrected chi connectivity index (χ1v) is 37.7. The third-order valence-corrected chi connectivity index (χ3v) is 16.2. The average Bonchev–Trinajstić information content (AvgIpc) is 3.46. The van der Waals surface area contributed by atoms with Gasteiger partial charge in [-0.3, -0.25) is 9.59 Å². The van der Waals surface area contributed by atoms with Gasteiger partial charge in [0.25, 0.3) is 0 Å². The first-order chi connectivity index (χ1) is 44.6. The molecule has 0 spiro atoms. The summed E-state index contributed by atoms with van der Waals surface area (Å²) in [6, 6.07) is 0. The highest BCUT2D eigenvalue weighted by molar-refractivity contribution is 5.70. The molecule has 9 nitrogen and oxygen atoms in total. The lowest BCUT2D eigenvalue weighted by molar-refractivity contribution is -0.870. The van der Waals surface area contributed by atoms with Gasteiger partial charge >= 0.3 is 11.9 Å². The molecule has 91 heavy (non-hydrogen) atoms. The van der Waals surface area contributed by atoms with Gasteiger partial charge in [0, 0.05) is 12.8 Å². The molecule has 522 valence electrons. The Labute approximate surface area is 561 Å². The topological polar surface area (TPSA) is 111 Å². The molecule has 2 unspecified atom stereocenters. The van der Waals surface area contributed by atoms with Crippen molar-refractivity contribution in [1.29, 1.82) is 0 Å². The second-order valence-corrected chi connectivity index (χ2v) is 26.2. The van der Waals surface area contributed by atoms with E-state index in [1.54, 1.807) is 0 Å². The zero-order valence-corrected chi connectivity index (χ0v) is 59.7. The van der Waals surface area contributed by atoms with Crippen molar-refractivity contribution >= 4 is 17.9 Å². The molecule has 0 rings (SSSR count). The Hall–Kier alpha value is -4.31. The van der Waals surface area contributed by atoms with Crippen LogP contribution in [0.25, 0.3) is 0 Å². The molecule has 0 N–H and O–H groups in total. The van der Waals surface area contributed by atoms with Crippen molar-refractivity contribution in [2.45, 2.75) is 334 Å². The summed E-state index contributed by atoms with van der Waals surface area (Å²) in [5.41, 5.74) is 0. The van der Waals surface area contributed by atoms with Crippen molar-refractivity contribution in [2.24, 2.45) is 0 Å². The van der Waals surface area contributed by atoms with E-state index in [2.05, 4.69) is 135 Å². The van der Waals surface area contributed by atoms with Crippen LogP contribution in [-0.2, 0) is 33.3 Å². The Kier molecular flexibility index (Phi) is 68.1. The Bertz CT molecular complexity index is 1910. The molecule has 0 saturated carbocycles. The minimum Gasteiger partial charge on any atom is -0.545 e. The van der Waals surface area contributed by atoms with Crippen LogP contribution in [0.1, 0.15) is 322 Å². The first-order valence-electron chi connectivity index (χ1n) is 37.7. The molecule has 0 aromatic carbocycles. The standard InChI is InChI=1S/C82H141NO8/c1-6-8-10-12-14-16-18-20-22-24-26-28-30-32-34-35-36-37-38-39-40-41-42-43-44-45-47-49-51-53-55-57-59-61-63-65-67-69-71-73-80(85)91-78(77-90-82(81(86)87)88-75-74-83(3,4)5)76-89-79(84)72-70-68-66-64-62-60-58-56-54-52-50-48-46-33-31-29-27-25-23-21-19-17-15-13-11-9-7-2/h8,10,14,16,20,22,25-28,32,34,36-37,39-40,42-43,45,47,78,82H,6-7,9,11-13,15,17-19,21,23-24,29-31,33,35,38,41,44,46,48-77H2,1-5H3/b10-8-,16-14-,22-20-,27-25-,28-26-,34-32-,37-36-,40-39-,43-42-,47-45-. The number of likely N-dealkylation sites (N-methyl/N-ethyl adjacent to an activating group) is 1. The minimum atomic E-state index is -1.63. The van der Waals surface area contributed by atoms with Crippen molar-refractivity contribution in [2.75, 3.05) is 47.5 Å². The number of hydrogen-bond donors (Lipinski definition) is 0. The molecule has 0 aliphatic carbocycles. The molecule has 2 atom stereocenters. The van der Waals surface area contributed by atoms with Gasteiger partial charge in [-0.2, -0.15) is 0 Å². The molecule has 0 amide bonds. The van der Waals surface area contributed by atoms with E-state index in [0.717, 1.165) is 103 Å². The SMILES string of the molecule is CC/C=C\C/C=C\C/C=C\C/C=C\C/C=C\C/C=C\C/C=C\C/C=C\C/C=C\CCCCCCCCCCCCCC(=O)OC(COC(=O)CCCCCCCCCCCCCCCCC/C=C\CCCCCCCCCC)COC(OCC[N+](C)(C)C)C(=O)[O-]. The Balaban J connectivity index is 4.11. The number of aliphatic carboxylic acids is 1. The smallest absolute Gasteiger partial charge is 0.306 e. The first kappa shape index (κ1) is 86.7. The number of carbonyl (C=O) groups excluding carboxylic acids is 3. The third-order valence-electron chi connectivity index (χ3n) is 16.2. The molecule has 0 radical (unpaired) electrons. The molecule has 0 aromatic heterocycles. The molecule has 0 heterocycles. The van der Waals surface area contributed by atoms with E-state index in [0.29, 0.717) is 17.4 Å². The monoisotopic (exact) mass is 1270 g/mol. The van der Waals surface area contributed by atoms with Crippen LogP contribution in [0.15, 0.2) is 122 Å². The summed E-state index contributed by atoms with van der Waals surface area (Å²) < 4.78 is 22.8. The highest BCUT2D eigenvalue weighted by Gasteiger charge is 2.22. The van der Waals surface area contributed by atoms with E-state index in [-0.39, 0.29) is 38.6 Å². The molecule has 0 fully saturated rings. The van der Waals surface area contributed by atoms with E-state index in [1.807, 2.05) is 21.1 Å². The van der Waals surface area contributed by atoms with Crippen molar-refractivity contribution in [3.63, 3.8) is 0 Å². The fraction of sp³-hybridized carbons (Fsp3) is 0.720. The van der Waals surface area contributed by atoms with Gasteiger partial charge in [-0.25, -0.2) is 0 Å². The Morgan fingerprint density at radius 3 is 0.945 bits per heavy atom. The Morgan fingerprint density at radius 1 is 0.341 bits per heavy atom. The number of unbranched alkanes of at least 4 members (excludes halogenated alkanes) is 34. The predicted molar refractivity (Wildman–Crippen MR) is 389 cm³/mol. The zero-order valence-electron chi connectivity index (χ0n) is 59.7. The van der Waals surface area contributed by atoms with Crippen LogP contribution in [0, 0.1) is 0 Å². The summed E-state index contributed by atoms with van der Waals surface area (Å²) in [5, 5.41) is 11.8. The van der Waals surface area contributed by atoms with Gasteiger partial charge in [0.1, 0.15) is 13.2 Å². The maximum atomic E-state index is 13.0. The van der Waals surface area contributed by atoms with Crippen molar-refractivity contribution < 1.29 is 42.9 Å². The zero-order chi connectivity index (χ0) is 66.1. The van der Waals surface area contributed by atoms with Gasteiger partial charge in [0.15, 0.2) is 12.4 Å². The lowest BCUT2D eigenvalue weighted by Gasteiger charge is -2.26. The summed E-state index contributed by atoms with van der Waals surface area (Å²) in [6.45, 7) is 4.66. The van der Waals surface area contributed by atoms with Gasteiger partial charge in [-0.1, -0.05) is 322 Å². The largest absolute Gasteiger partial charge is 0.545 e. The number of carboxylic acid groups (broad SMARTS) is 1. The second-order valence-electron chi connectivity index (χ2n) is 26.2. The lowest BCUT2D eigenvalue weighted by Crippen LogP contribution is -2.44. The molecule has 0 aromatic rings. The van der Waals surface area contributed by atoms with Crippen LogP contribution in [0.2, 0.25) is 0 Å². The number of allylic oxidation sites excluding steroid dienone is 20. The number of rotatable bonds is 69. The molecule has 9 heteroatoms. The molecule has 0 saturated heterocycles. The van der Waals surface area contributed by atoms with Crippen molar-refractivity contribution in [3.05, 3.63) is 122 Å². The molecular formula is C82H141NO8. The number of nitrogens with zero attached hydrogens (tertiary/aromatic N) is 1. The summed E-state index contributed by atoms with van der Waals surface area (Å²) in [6.07, 6.45) is 98.6. The second kappa shape index (κ2) is 71.5. The maximum Gasteiger partial charge on any atom is 0.306 e. The molecular weight excluding hydrogens is 1130 g/mol. The van der Waals surface area contributed by atoms with Gasteiger partial charge in [0.2, 0.25) is 0 Å².